The normalized spacial score (nSPS) is 19.0. The van der Waals surface area contributed by atoms with E-state index in [0.717, 1.165) is 0 Å². The number of rotatable bonds is 3. The summed E-state index contributed by atoms with van der Waals surface area (Å²) in [5, 5.41) is 8.83. The van der Waals surface area contributed by atoms with Gasteiger partial charge >= 0.3 is 0 Å². The third kappa shape index (κ3) is 2.93. The van der Waals surface area contributed by atoms with Crippen LogP contribution in [0.15, 0.2) is 18.2 Å². The highest BCUT2D eigenvalue weighted by atomic mass is 19.1. The van der Waals surface area contributed by atoms with E-state index in [9.17, 15) is 9.18 Å². The fraction of sp³-hybridized carbons (Fsp3) is 0.467. The molecule has 4 heteroatoms. The second-order valence-corrected chi connectivity index (χ2v) is 5.40. The average molecular weight is 260 g/mol. The Bertz CT molecular complexity index is 533. The van der Waals surface area contributed by atoms with Crippen molar-refractivity contribution in [1.29, 1.82) is 5.26 Å². The molecular formula is C15H17FN2O. The predicted octanol–water partition coefficient (Wildman–Crippen LogP) is 2.70. The molecule has 1 fully saturated rings. The smallest absolute Gasteiger partial charge is 0.223 e. The molecule has 1 heterocycles. The van der Waals surface area contributed by atoms with E-state index >= 15 is 0 Å². The van der Waals surface area contributed by atoms with E-state index in [-0.39, 0.29) is 18.3 Å². The quantitative estimate of drug-likeness (QED) is 0.838. The van der Waals surface area contributed by atoms with Crippen molar-refractivity contribution in [3.05, 3.63) is 35.1 Å². The minimum Gasteiger partial charge on any atom is -0.338 e. The number of nitriles is 1. The summed E-state index contributed by atoms with van der Waals surface area (Å²) < 4.78 is 13.7. The lowest BCUT2D eigenvalue weighted by molar-refractivity contribution is -0.128. The lowest BCUT2D eigenvalue weighted by atomic mass is 9.95. The molecule has 1 amide bonds. The minimum atomic E-state index is -0.361. The Labute approximate surface area is 112 Å². The van der Waals surface area contributed by atoms with Gasteiger partial charge in [-0.25, -0.2) is 4.39 Å². The van der Waals surface area contributed by atoms with Crippen LogP contribution in [-0.4, -0.2) is 17.4 Å². The molecule has 1 aliphatic rings. The van der Waals surface area contributed by atoms with Crippen molar-refractivity contribution in [3.8, 4) is 6.07 Å². The van der Waals surface area contributed by atoms with Gasteiger partial charge in [0.05, 0.1) is 11.6 Å². The van der Waals surface area contributed by atoms with Crippen LogP contribution in [0.2, 0.25) is 0 Å². The maximum atomic E-state index is 13.7. The lowest BCUT2D eigenvalue weighted by Gasteiger charge is -2.18. The van der Waals surface area contributed by atoms with Gasteiger partial charge in [0.2, 0.25) is 5.91 Å². The van der Waals surface area contributed by atoms with Gasteiger partial charge in [-0.3, -0.25) is 4.79 Å². The number of amides is 1. The molecule has 0 saturated carbocycles. The average Bonchev–Trinajstić information content (AvgIpc) is 2.74. The fourth-order valence-corrected chi connectivity index (χ4v) is 2.37. The number of likely N-dealkylation sites (tertiary alicyclic amines) is 1. The molecule has 3 nitrogen and oxygen atoms in total. The summed E-state index contributed by atoms with van der Waals surface area (Å²) in [4.78, 5) is 13.6. The summed E-state index contributed by atoms with van der Waals surface area (Å²) in [6.45, 7) is 5.12. The molecular weight excluding hydrogens is 243 g/mol. The number of hydrogen-bond acceptors (Lipinski definition) is 2. The van der Waals surface area contributed by atoms with Gasteiger partial charge in [-0.2, -0.15) is 5.26 Å². The van der Waals surface area contributed by atoms with Gasteiger partial charge in [0.15, 0.2) is 0 Å². The molecule has 0 aliphatic carbocycles. The molecule has 0 N–H and O–H groups in total. The zero-order valence-corrected chi connectivity index (χ0v) is 11.2. The monoisotopic (exact) mass is 260 g/mol. The number of benzene rings is 1. The van der Waals surface area contributed by atoms with Crippen LogP contribution in [0.5, 0.6) is 0 Å². The number of halogens is 1. The van der Waals surface area contributed by atoms with Gasteiger partial charge in [0.25, 0.3) is 0 Å². The number of carbonyl (C=O) groups is 1. The maximum Gasteiger partial charge on any atom is 0.223 e. The molecule has 19 heavy (non-hydrogen) atoms. The van der Waals surface area contributed by atoms with Crippen LogP contribution < -0.4 is 0 Å². The Morgan fingerprint density at radius 3 is 2.84 bits per heavy atom. The summed E-state index contributed by atoms with van der Waals surface area (Å²) in [7, 11) is 0. The van der Waals surface area contributed by atoms with Crippen molar-refractivity contribution < 1.29 is 9.18 Å². The molecule has 100 valence electrons. The van der Waals surface area contributed by atoms with Gasteiger partial charge < -0.3 is 4.90 Å². The highest BCUT2D eigenvalue weighted by molar-refractivity contribution is 5.78. The van der Waals surface area contributed by atoms with E-state index in [1.165, 1.54) is 18.2 Å². The first kappa shape index (κ1) is 13.5. The lowest BCUT2D eigenvalue weighted by Crippen LogP contribution is -2.25. The van der Waals surface area contributed by atoms with E-state index in [4.69, 9.17) is 5.26 Å². The standard InChI is InChI=1S/C15H17FN2O/c1-10(2)12-6-15(19)18(8-12)9-13-5-11(7-17)3-4-14(13)16/h3-5,10,12H,6,8-9H2,1-2H3. The molecule has 1 aliphatic heterocycles. The molecule has 1 aromatic rings. The second kappa shape index (κ2) is 5.40. The van der Waals surface area contributed by atoms with Crippen LogP contribution in [0.3, 0.4) is 0 Å². The molecule has 1 atom stereocenters. The van der Waals surface area contributed by atoms with E-state index in [1.807, 2.05) is 6.07 Å². The van der Waals surface area contributed by atoms with Gasteiger partial charge in [-0.05, 0) is 30.0 Å². The molecule has 0 radical (unpaired) electrons. The molecule has 0 spiro atoms. The zero-order chi connectivity index (χ0) is 14.0. The first-order valence-electron chi connectivity index (χ1n) is 6.47. The van der Waals surface area contributed by atoms with Crippen LogP contribution in [0.25, 0.3) is 0 Å². The van der Waals surface area contributed by atoms with Gasteiger partial charge in [0.1, 0.15) is 5.82 Å². The van der Waals surface area contributed by atoms with E-state index in [2.05, 4.69) is 13.8 Å². The fourth-order valence-electron chi connectivity index (χ4n) is 2.37. The third-order valence-corrected chi connectivity index (χ3v) is 3.72. The largest absolute Gasteiger partial charge is 0.338 e. The van der Waals surface area contributed by atoms with E-state index in [1.54, 1.807) is 4.90 Å². The Morgan fingerprint density at radius 2 is 2.26 bits per heavy atom. The Hall–Kier alpha value is -1.89. The highest BCUT2D eigenvalue weighted by Crippen LogP contribution is 2.26. The summed E-state index contributed by atoms with van der Waals surface area (Å²) in [5.41, 5.74) is 0.834. The van der Waals surface area contributed by atoms with Gasteiger partial charge in [-0.1, -0.05) is 13.8 Å². The number of carbonyl (C=O) groups excluding carboxylic acids is 1. The molecule has 1 aromatic carbocycles. The van der Waals surface area contributed by atoms with Gasteiger partial charge in [0, 0.05) is 25.1 Å². The third-order valence-electron chi connectivity index (χ3n) is 3.72. The first-order chi connectivity index (χ1) is 9.01. The van der Waals surface area contributed by atoms with Gasteiger partial charge in [-0.15, -0.1) is 0 Å². The van der Waals surface area contributed by atoms with Crippen LogP contribution in [-0.2, 0) is 11.3 Å². The van der Waals surface area contributed by atoms with Crippen LogP contribution in [0, 0.1) is 29.0 Å². The number of nitrogens with zero attached hydrogens (tertiary/aromatic N) is 2. The van der Waals surface area contributed by atoms with Crippen molar-refractivity contribution in [3.63, 3.8) is 0 Å². The summed E-state index contributed by atoms with van der Waals surface area (Å²) in [6.07, 6.45) is 0.539. The Kier molecular flexibility index (Phi) is 3.84. The van der Waals surface area contributed by atoms with Crippen molar-refractivity contribution >= 4 is 5.91 Å². The second-order valence-electron chi connectivity index (χ2n) is 5.40. The molecule has 0 aromatic heterocycles. The molecule has 1 unspecified atom stereocenters. The van der Waals surface area contributed by atoms with Crippen molar-refractivity contribution in [2.24, 2.45) is 11.8 Å². The Morgan fingerprint density at radius 1 is 1.53 bits per heavy atom. The summed E-state index contributed by atoms with van der Waals surface area (Å²) in [6, 6.07) is 6.24. The maximum absolute atomic E-state index is 13.7. The molecule has 0 bridgehead atoms. The molecule has 2 rings (SSSR count). The van der Waals surface area contributed by atoms with Crippen LogP contribution in [0.4, 0.5) is 4.39 Å². The van der Waals surface area contributed by atoms with Crippen molar-refractivity contribution in [2.45, 2.75) is 26.8 Å². The van der Waals surface area contributed by atoms with Crippen molar-refractivity contribution in [2.75, 3.05) is 6.54 Å². The number of hydrogen-bond donors (Lipinski definition) is 0. The zero-order valence-electron chi connectivity index (χ0n) is 11.2. The summed E-state index contributed by atoms with van der Waals surface area (Å²) in [5.74, 6) is 0.499. The Balaban J connectivity index is 2.14. The first-order valence-corrected chi connectivity index (χ1v) is 6.47. The predicted molar refractivity (Wildman–Crippen MR) is 69.5 cm³/mol. The molecule has 1 saturated heterocycles. The van der Waals surface area contributed by atoms with E-state index < -0.39 is 0 Å². The van der Waals surface area contributed by atoms with Crippen molar-refractivity contribution in [1.82, 2.24) is 4.90 Å². The minimum absolute atomic E-state index is 0.0699. The topological polar surface area (TPSA) is 44.1 Å². The van der Waals surface area contributed by atoms with E-state index in [0.29, 0.717) is 35.9 Å². The van der Waals surface area contributed by atoms with Crippen LogP contribution >= 0.6 is 0 Å². The summed E-state index contributed by atoms with van der Waals surface area (Å²) >= 11 is 0. The van der Waals surface area contributed by atoms with Crippen LogP contribution in [0.1, 0.15) is 31.4 Å². The highest BCUT2D eigenvalue weighted by Gasteiger charge is 2.31. The SMILES string of the molecule is CC(C)C1CC(=O)N(Cc2cc(C#N)ccc2F)C1.